The Morgan fingerprint density at radius 1 is 1.08 bits per heavy atom. The fourth-order valence-corrected chi connectivity index (χ4v) is 2.72. The van der Waals surface area contributed by atoms with Crippen molar-refractivity contribution in [3.05, 3.63) is 72.2 Å². The first-order valence-electron chi connectivity index (χ1n) is 7.82. The first-order chi connectivity index (χ1) is 12.2. The van der Waals surface area contributed by atoms with Crippen molar-refractivity contribution in [2.24, 2.45) is 0 Å². The van der Waals surface area contributed by atoms with Crippen molar-refractivity contribution in [1.29, 1.82) is 0 Å². The number of benzene rings is 1. The van der Waals surface area contributed by atoms with Gasteiger partial charge in [-0.05, 0) is 37.3 Å². The van der Waals surface area contributed by atoms with Gasteiger partial charge < -0.3 is 5.32 Å². The van der Waals surface area contributed by atoms with Gasteiger partial charge in [-0.1, -0.05) is 12.1 Å². The second-order valence-corrected chi connectivity index (χ2v) is 5.57. The highest BCUT2D eigenvalue weighted by Crippen LogP contribution is 2.25. The third-order valence-electron chi connectivity index (χ3n) is 3.86. The normalized spacial score (nSPS) is 11.0. The second-order valence-electron chi connectivity index (χ2n) is 5.57. The van der Waals surface area contributed by atoms with Crippen LogP contribution >= 0.6 is 0 Å². The quantitative estimate of drug-likeness (QED) is 0.620. The number of aryl methyl sites for hydroxylation is 1. The Morgan fingerprint density at radius 2 is 2.00 bits per heavy atom. The van der Waals surface area contributed by atoms with Gasteiger partial charge in [0, 0.05) is 6.20 Å². The molecule has 7 heteroatoms. The van der Waals surface area contributed by atoms with Gasteiger partial charge in [0.2, 0.25) is 0 Å². The van der Waals surface area contributed by atoms with Gasteiger partial charge in [0.15, 0.2) is 5.65 Å². The van der Waals surface area contributed by atoms with Crippen LogP contribution in [0.5, 0.6) is 0 Å². The highest BCUT2D eigenvalue weighted by Gasteiger charge is 2.15. The number of anilines is 1. The first kappa shape index (κ1) is 15.2. The third kappa shape index (κ3) is 2.91. The van der Waals surface area contributed by atoms with E-state index in [1.54, 1.807) is 23.0 Å². The molecular weight excluding hydrogens is 319 g/mol. The number of pyridine rings is 1. The van der Waals surface area contributed by atoms with Crippen molar-refractivity contribution in [1.82, 2.24) is 24.7 Å². The van der Waals surface area contributed by atoms with Crippen LogP contribution in [0, 0.1) is 12.7 Å². The molecule has 0 spiro atoms. The van der Waals surface area contributed by atoms with E-state index >= 15 is 0 Å². The Hall–Kier alpha value is -3.35. The zero-order chi connectivity index (χ0) is 17.2. The molecule has 0 aliphatic heterocycles. The summed E-state index contributed by atoms with van der Waals surface area (Å²) in [5.74, 6) is 0.358. The Labute approximate surface area is 143 Å². The number of aromatic nitrogens is 5. The average molecular weight is 334 g/mol. The molecule has 4 rings (SSSR count). The van der Waals surface area contributed by atoms with E-state index in [0.29, 0.717) is 23.7 Å². The molecule has 124 valence electrons. The van der Waals surface area contributed by atoms with E-state index in [1.165, 1.54) is 18.5 Å². The summed E-state index contributed by atoms with van der Waals surface area (Å²) in [6.07, 6.45) is 3.22. The Balaban J connectivity index is 1.75. The van der Waals surface area contributed by atoms with E-state index in [1.807, 2.05) is 25.1 Å². The minimum absolute atomic E-state index is 0.318. The zero-order valence-electron chi connectivity index (χ0n) is 13.5. The molecule has 1 N–H and O–H groups in total. The van der Waals surface area contributed by atoms with Gasteiger partial charge in [-0.3, -0.25) is 4.98 Å². The molecule has 3 heterocycles. The minimum Gasteiger partial charge on any atom is -0.364 e. The number of fused-ring (bicyclic) bond motifs is 1. The highest BCUT2D eigenvalue weighted by atomic mass is 19.1. The maximum absolute atomic E-state index is 13.6. The van der Waals surface area contributed by atoms with Crippen LogP contribution in [0.2, 0.25) is 0 Å². The van der Waals surface area contributed by atoms with E-state index in [-0.39, 0.29) is 5.82 Å². The van der Waals surface area contributed by atoms with Crippen molar-refractivity contribution < 1.29 is 4.39 Å². The molecule has 0 radical (unpaired) electrons. The van der Waals surface area contributed by atoms with E-state index in [2.05, 4.69) is 25.4 Å². The number of hydrogen-bond acceptors (Lipinski definition) is 5. The van der Waals surface area contributed by atoms with Gasteiger partial charge in [0.1, 0.15) is 18.0 Å². The summed E-state index contributed by atoms with van der Waals surface area (Å²) in [4.78, 5) is 13.0. The molecule has 0 bridgehead atoms. The maximum atomic E-state index is 13.6. The van der Waals surface area contributed by atoms with Crippen LogP contribution in [0.25, 0.3) is 16.7 Å². The molecule has 25 heavy (non-hydrogen) atoms. The zero-order valence-corrected chi connectivity index (χ0v) is 13.5. The molecule has 0 aliphatic rings. The SMILES string of the molecule is Cc1nn(-c2cccc(F)c2)c2ncnc(NCc3ccccn3)c12. The fourth-order valence-electron chi connectivity index (χ4n) is 2.72. The summed E-state index contributed by atoms with van der Waals surface area (Å²) in [5.41, 5.74) is 2.92. The number of hydrogen-bond donors (Lipinski definition) is 1. The number of halogens is 1. The molecule has 0 fully saturated rings. The van der Waals surface area contributed by atoms with Crippen molar-refractivity contribution >= 4 is 16.9 Å². The summed E-state index contributed by atoms with van der Waals surface area (Å²) >= 11 is 0. The topological polar surface area (TPSA) is 68.5 Å². The number of nitrogens with one attached hydrogen (secondary N) is 1. The summed E-state index contributed by atoms with van der Waals surface area (Å²) in [5, 5.41) is 8.60. The van der Waals surface area contributed by atoms with E-state index < -0.39 is 0 Å². The van der Waals surface area contributed by atoms with Gasteiger partial charge in [-0.25, -0.2) is 19.0 Å². The first-order valence-corrected chi connectivity index (χ1v) is 7.82. The predicted octanol–water partition coefficient (Wildman–Crippen LogP) is 3.27. The van der Waals surface area contributed by atoms with Crippen molar-refractivity contribution in [2.75, 3.05) is 5.32 Å². The molecular formula is C18H15FN6. The van der Waals surface area contributed by atoms with Gasteiger partial charge >= 0.3 is 0 Å². The molecule has 0 unspecified atom stereocenters. The molecule has 0 atom stereocenters. The van der Waals surface area contributed by atoms with Crippen LogP contribution in [-0.2, 0) is 6.54 Å². The molecule has 0 saturated heterocycles. The van der Waals surface area contributed by atoms with Crippen LogP contribution < -0.4 is 5.32 Å². The molecule has 6 nitrogen and oxygen atoms in total. The van der Waals surface area contributed by atoms with E-state index in [9.17, 15) is 4.39 Å². The predicted molar refractivity (Wildman–Crippen MR) is 92.9 cm³/mol. The second kappa shape index (κ2) is 6.27. The van der Waals surface area contributed by atoms with E-state index in [4.69, 9.17) is 0 Å². The monoisotopic (exact) mass is 334 g/mol. The minimum atomic E-state index is -0.318. The number of nitrogens with zero attached hydrogens (tertiary/aromatic N) is 5. The molecule has 3 aromatic heterocycles. The van der Waals surface area contributed by atoms with Crippen LogP contribution in [0.1, 0.15) is 11.4 Å². The van der Waals surface area contributed by atoms with Gasteiger partial charge in [0.25, 0.3) is 0 Å². The Kier molecular flexibility index (Phi) is 3.81. The third-order valence-corrected chi connectivity index (χ3v) is 3.86. The average Bonchev–Trinajstić information content (AvgIpc) is 2.98. The lowest BCUT2D eigenvalue weighted by Crippen LogP contribution is -2.04. The van der Waals surface area contributed by atoms with Gasteiger partial charge in [-0.2, -0.15) is 5.10 Å². The Bertz CT molecular complexity index is 1030. The van der Waals surface area contributed by atoms with Gasteiger partial charge in [-0.15, -0.1) is 0 Å². The molecule has 0 aliphatic carbocycles. The van der Waals surface area contributed by atoms with Gasteiger partial charge in [0.05, 0.1) is 29.0 Å². The standard InChI is InChI=1S/C18H15FN6/c1-12-16-17(21-10-14-6-2-3-8-20-14)22-11-23-18(16)25(24-12)15-7-4-5-13(19)9-15/h2-9,11H,10H2,1H3,(H,21,22,23). The van der Waals surface area contributed by atoms with Crippen LogP contribution in [0.15, 0.2) is 55.0 Å². The van der Waals surface area contributed by atoms with Crippen LogP contribution in [-0.4, -0.2) is 24.7 Å². The summed E-state index contributed by atoms with van der Waals surface area (Å²) in [7, 11) is 0. The van der Waals surface area contributed by atoms with Crippen molar-refractivity contribution in [3.63, 3.8) is 0 Å². The lowest BCUT2D eigenvalue weighted by atomic mass is 10.3. The smallest absolute Gasteiger partial charge is 0.168 e. The van der Waals surface area contributed by atoms with Crippen molar-refractivity contribution in [3.8, 4) is 5.69 Å². The lowest BCUT2D eigenvalue weighted by Gasteiger charge is -2.07. The Morgan fingerprint density at radius 3 is 2.80 bits per heavy atom. The lowest BCUT2D eigenvalue weighted by molar-refractivity contribution is 0.625. The fraction of sp³-hybridized carbons (Fsp3) is 0.111. The molecule has 4 aromatic rings. The summed E-state index contributed by atoms with van der Waals surface area (Å²) < 4.78 is 15.2. The van der Waals surface area contributed by atoms with E-state index in [0.717, 1.165) is 16.8 Å². The summed E-state index contributed by atoms with van der Waals surface area (Å²) in [6.45, 7) is 2.42. The highest BCUT2D eigenvalue weighted by molar-refractivity contribution is 5.90. The van der Waals surface area contributed by atoms with Crippen molar-refractivity contribution in [2.45, 2.75) is 13.5 Å². The molecule has 1 aromatic carbocycles. The maximum Gasteiger partial charge on any atom is 0.168 e. The molecule has 0 amide bonds. The number of rotatable bonds is 4. The summed E-state index contributed by atoms with van der Waals surface area (Å²) in [6, 6.07) is 12.0. The van der Waals surface area contributed by atoms with Crippen LogP contribution in [0.3, 0.4) is 0 Å². The molecule has 0 saturated carbocycles. The largest absolute Gasteiger partial charge is 0.364 e. The van der Waals surface area contributed by atoms with Crippen LogP contribution in [0.4, 0.5) is 10.2 Å².